The summed E-state index contributed by atoms with van der Waals surface area (Å²) >= 11 is 0. The van der Waals surface area contributed by atoms with Crippen molar-refractivity contribution in [2.75, 3.05) is 6.54 Å². The molecule has 1 aromatic carbocycles. The first kappa shape index (κ1) is 18.6. The Morgan fingerprint density at radius 2 is 2.08 bits per heavy atom. The maximum atomic E-state index is 12.1. The minimum Gasteiger partial charge on any atom is -0.390 e. The van der Waals surface area contributed by atoms with E-state index in [-0.39, 0.29) is 5.56 Å². The van der Waals surface area contributed by atoms with Gasteiger partial charge >= 0.3 is 5.69 Å². The van der Waals surface area contributed by atoms with Crippen molar-refractivity contribution in [3.05, 3.63) is 68.0 Å². The van der Waals surface area contributed by atoms with Crippen LogP contribution in [0.2, 0.25) is 0 Å². The Hall–Kier alpha value is -2.22. The molecule has 26 heavy (non-hydrogen) atoms. The van der Waals surface area contributed by atoms with E-state index < -0.39 is 24.1 Å². The van der Waals surface area contributed by atoms with Crippen LogP contribution in [0.25, 0.3) is 0 Å². The molecule has 0 spiro atoms. The van der Waals surface area contributed by atoms with Gasteiger partial charge in [-0.2, -0.15) is 0 Å². The molecule has 0 bridgehead atoms. The Bertz CT molecular complexity index is 874. The molecule has 0 saturated carbocycles. The number of hydrogen-bond donors (Lipinski definition) is 3. The molecule has 0 radical (unpaired) electrons. The quantitative estimate of drug-likeness (QED) is 0.710. The minimum absolute atomic E-state index is 0.311. The highest BCUT2D eigenvalue weighted by Crippen LogP contribution is 2.27. The highest BCUT2D eigenvalue weighted by atomic mass is 16.5. The summed E-state index contributed by atoms with van der Waals surface area (Å²) in [5.74, 6) is 0. The van der Waals surface area contributed by atoms with Crippen LogP contribution >= 0.6 is 0 Å². The molecule has 0 amide bonds. The molecule has 3 atom stereocenters. The molecule has 7 heteroatoms. The number of hydrogen-bond acceptors (Lipinski definition) is 5. The molecule has 7 nitrogen and oxygen atoms in total. The maximum absolute atomic E-state index is 12.1. The Morgan fingerprint density at radius 1 is 1.31 bits per heavy atom. The highest BCUT2D eigenvalue weighted by Gasteiger charge is 2.35. The fourth-order valence-electron chi connectivity index (χ4n) is 3.22. The average molecular weight is 359 g/mol. The standard InChI is InChI=1S/C19H25N3O4/c1-3-13-11-22(19(25)21-18(13)24)17-8-15(23)16(26-17)10-20-9-14-7-5-4-6-12(14)2/h4-7,11,15-17,20,23H,3,8-10H2,1-2H3,(H,21,24,25)/t15?,16-,17-/m0/s1. The second-order valence-corrected chi connectivity index (χ2v) is 6.66. The van der Waals surface area contributed by atoms with Gasteiger partial charge in [0.15, 0.2) is 0 Å². The van der Waals surface area contributed by atoms with Gasteiger partial charge in [0, 0.05) is 31.3 Å². The van der Waals surface area contributed by atoms with Crippen molar-refractivity contribution in [3.63, 3.8) is 0 Å². The van der Waals surface area contributed by atoms with Gasteiger partial charge in [0.05, 0.1) is 12.2 Å². The van der Waals surface area contributed by atoms with E-state index in [4.69, 9.17) is 4.74 Å². The van der Waals surface area contributed by atoms with Gasteiger partial charge < -0.3 is 15.2 Å². The first-order chi connectivity index (χ1) is 12.5. The predicted molar refractivity (Wildman–Crippen MR) is 98.1 cm³/mol. The summed E-state index contributed by atoms with van der Waals surface area (Å²) in [5, 5.41) is 13.6. The van der Waals surface area contributed by atoms with Crippen molar-refractivity contribution in [1.29, 1.82) is 0 Å². The molecular formula is C19H25N3O4. The lowest BCUT2D eigenvalue weighted by molar-refractivity contribution is -0.0194. The van der Waals surface area contributed by atoms with Gasteiger partial charge in [0.1, 0.15) is 6.23 Å². The number of H-pyrrole nitrogens is 1. The lowest BCUT2D eigenvalue weighted by Gasteiger charge is -2.17. The van der Waals surface area contributed by atoms with Gasteiger partial charge in [-0.1, -0.05) is 31.2 Å². The number of aromatic nitrogens is 2. The molecule has 0 aliphatic carbocycles. The molecule has 1 aliphatic rings. The second-order valence-electron chi connectivity index (χ2n) is 6.66. The SMILES string of the molecule is CCc1cn([C@@H]2CC(O)[C@H](CNCc3ccccc3C)O2)c(=O)[nH]c1=O. The van der Waals surface area contributed by atoms with Crippen LogP contribution in [0.5, 0.6) is 0 Å². The number of benzene rings is 1. The van der Waals surface area contributed by atoms with Crippen molar-refractivity contribution in [2.24, 2.45) is 0 Å². The molecule has 1 aliphatic heterocycles. The molecule has 1 aromatic heterocycles. The number of aliphatic hydroxyl groups excluding tert-OH is 1. The Balaban J connectivity index is 1.64. The smallest absolute Gasteiger partial charge is 0.330 e. The van der Waals surface area contributed by atoms with Crippen molar-refractivity contribution >= 4 is 0 Å². The molecule has 2 aromatic rings. The third kappa shape index (κ3) is 3.95. The van der Waals surface area contributed by atoms with Gasteiger partial charge in [-0.25, -0.2) is 4.79 Å². The molecule has 2 heterocycles. The average Bonchev–Trinajstić information content (AvgIpc) is 2.97. The monoisotopic (exact) mass is 359 g/mol. The zero-order valence-electron chi connectivity index (χ0n) is 15.1. The molecule has 1 unspecified atom stereocenters. The van der Waals surface area contributed by atoms with E-state index in [2.05, 4.69) is 29.4 Å². The Kier molecular flexibility index (Phi) is 5.70. The summed E-state index contributed by atoms with van der Waals surface area (Å²) in [6, 6.07) is 8.11. The van der Waals surface area contributed by atoms with Gasteiger partial charge in [0.25, 0.3) is 5.56 Å². The highest BCUT2D eigenvalue weighted by molar-refractivity contribution is 5.25. The predicted octanol–water partition coefficient (Wildman–Crippen LogP) is 0.846. The lowest BCUT2D eigenvalue weighted by Crippen LogP contribution is -2.35. The zero-order chi connectivity index (χ0) is 18.7. The Labute approximate surface area is 151 Å². The third-order valence-electron chi connectivity index (χ3n) is 4.86. The van der Waals surface area contributed by atoms with Crippen LogP contribution in [0.1, 0.15) is 36.3 Å². The van der Waals surface area contributed by atoms with E-state index in [1.165, 1.54) is 21.9 Å². The van der Waals surface area contributed by atoms with Crippen LogP contribution in [-0.2, 0) is 17.7 Å². The topological polar surface area (TPSA) is 96.3 Å². The molecule has 1 fully saturated rings. The number of ether oxygens (including phenoxy) is 1. The number of nitrogens with zero attached hydrogens (tertiary/aromatic N) is 1. The van der Waals surface area contributed by atoms with Crippen molar-refractivity contribution < 1.29 is 9.84 Å². The van der Waals surface area contributed by atoms with Crippen LogP contribution in [0.3, 0.4) is 0 Å². The normalized spacial score (nSPS) is 22.7. The summed E-state index contributed by atoms with van der Waals surface area (Å²) in [4.78, 5) is 26.1. The van der Waals surface area contributed by atoms with E-state index in [0.717, 1.165) is 0 Å². The first-order valence-electron chi connectivity index (χ1n) is 8.92. The summed E-state index contributed by atoms with van der Waals surface area (Å²) in [6.07, 6.45) is 0.700. The van der Waals surface area contributed by atoms with Crippen molar-refractivity contribution in [2.45, 2.75) is 51.7 Å². The molecule has 1 saturated heterocycles. The number of aryl methyl sites for hydroxylation is 2. The number of aromatic amines is 1. The van der Waals surface area contributed by atoms with Crippen molar-refractivity contribution in [1.82, 2.24) is 14.9 Å². The van der Waals surface area contributed by atoms with E-state index in [0.29, 0.717) is 31.5 Å². The number of nitrogens with one attached hydrogen (secondary N) is 2. The fourth-order valence-corrected chi connectivity index (χ4v) is 3.22. The minimum atomic E-state index is -0.673. The number of rotatable bonds is 6. The summed E-state index contributed by atoms with van der Waals surface area (Å²) < 4.78 is 7.24. The number of aliphatic hydroxyl groups is 1. The van der Waals surface area contributed by atoms with Crippen LogP contribution < -0.4 is 16.6 Å². The summed E-state index contributed by atoms with van der Waals surface area (Å²) in [5.41, 5.74) is 2.03. The van der Waals surface area contributed by atoms with Crippen molar-refractivity contribution in [3.8, 4) is 0 Å². The van der Waals surface area contributed by atoms with Crippen LogP contribution in [-0.4, -0.2) is 33.4 Å². The van der Waals surface area contributed by atoms with E-state index in [9.17, 15) is 14.7 Å². The van der Waals surface area contributed by atoms with Gasteiger partial charge in [-0.15, -0.1) is 0 Å². The van der Waals surface area contributed by atoms with Gasteiger partial charge in [-0.3, -0.25) is 14.3 Å². The van der Waals surface area contributed by atoms with Gasteiger partial charge in [-0.05, 0) is 24.5 Å². The lowest BCUT2D eigenvalue weighted by atomic mass is 10.1. The molecular weight excluding hydrogens is 334 g/mol. The molecule has 3 rings (SSSR count). The van der Waals surface area contributed by atoms with Crippen LogP contribution in [0, 0.1) is 6.92 Å². The largest absolute Gasteiger partial charge is 0.390 e. The van der Waals surface area contributed by atoms with E-state index >= 15 is 0 Å². The Morgan fingerprint density at radius 3 is 2.81 bits per heavy atom. The second kappa shape index (κ2) is 7.99. The van der Waals surface area contributed by atoms with Crippen LogP contribution in [0.4, 0.5) is 0 Å². The van der Waals surface area contributed by atoms with E-state index in [1.54, 1.807) is 0 Å². The summed E-state index contributed by atoms with van der Waals surface area (Å²) in [7, 11) is 0. The third-order valence-corrected chi connectivity index (χ3v) is 4.86. The first-order valence-corrected chi connectivity index (χ1v) is 8.92. The summed E-state index contributed by atoms with van der Waals surface area (Å²) in [6.45, 7) is 5.07. The fraction of sp³-hybridized carbons (Fsp3) is 0.474. The molecule has 140 valence electrons. The maximum Gasteiger partial charge on any atom is 0.330 e. The van der Waals surface area contributed by atoms with E-state index in [1.807, 2.05) is 19.1 Å². The van der Waals surface area contributed by atoms with Gasteiger partial charge in [0.2, 0.25) is 0 Å². The zero-order valence-corrected chi connectivity index (χ0v) is 15.1. The van der Waals surface area contributed by atoms with Crippen LogP contribution in [0.15, 0.2) is 40.1 Å². The molecule has 3 N–H and O–H groups in total.